The van der Waals surface area contributed by atoms with Crippen LogP contribution in [0.15, 0.2) is 28.7 Å². The van der Waals surface area contributed by atoms with Crippen LogP contribution in [0.5, 0.6) is 0 Å². The van der Waals surface area contributed by atoms with Gasteiger partial charge in [0.1, 0.15) is 0 Å². The first-order valence-electron chi connectivity index (χ1n) is 4.16. The lowest BCUT2D eigenvalue weighted by atomic mass is 10.1. The molecule has 0 aliphatic heterocycles. The Morgan fingerprint density at radius 1 is 1.36 bits per heavy atom. The quantitative estimate of drug-likeness (QED) is 0.701. The Balaban J connectivity index is 2.70. The molecule has 0 fully saturated rings. The Morgan fingerprint density at radius 3 is 2.29 bits per heavy atom. The first-order chi connectivity index (χ1) is 6.38. The van der Waals surface area contributed by atoms with Gasteiger partial charge in [-0.2, -0.15) is 0 Å². The van der Waals surface area contributed by atoms with Crippen LogP contribution in [0.2, 0.25) is 0 Å². The van der Waals surface area contributed by atoms with Crippen molar-refractivity contribution in [1.29, 1.82) is 0 Å². The number of benzene rings is 1. The summed E-state index contributed by atoms with van der Waals surface area (Å²) in [6.45, 7) is 0.876. The fourth-order valence-electron chi connectivity index (χ4n) is 1.10. The summed E-state index contributed by atoms with van der Waals surface area (Å²) in [6, 6.07) is 7.07. The van der Waals surface area contributed by atoms with E-state index in [9.17, 15) is 8.78 Å². The second-order valence-electron chi connectivity index (χ2n) is 3.29. The van der Waals surface area contributed by atoms with Crippen molar-refractivity contribution in [2.75, 3.05) is 0 Å². The highest BCUT2D eigenvalue weighted by molar-refractivity contribution is 9.10. The van der Waals surface area contributed by atoms with Crippen molar-refractivity contribution in [2.45, 2.75) is 24.6 Å². The molecule has 0 nitrogen and oxygen atoms in total. The zero-order valence-electron chi connectivity index (χ0n) is 7.61. The summed E-state index contributed by atoms with van der Waals surface area (Å²) >= 11 is 9.11. The van der Waals surface area contributed by atoms with Gasteiger partial charge in [-0.15, -0.1) is 11.6 Å². The Labute approximate surface area is 95.4 Å². The number of hydrogen-bond acceptors (Lipinski definition) is 0. The molecule has 1 unspecified atom stereocenters. The van der Waals surface area contributed by atoms with Crippen LogP contribution < -0.4 is 0 Å². The molecule has 1 atom stereocenters. The molecule has 0 bridgehead atoms. The SMILES string of the molecule is CC(F)(F)CC(Cl)c1ccc(Br)cc1. The molecule has 0 aliphatic rings. The third-order valence-corrected chi connectivity index (χ3v) is 2.70. The van der Waals surface area contributed by atoms with Crippen LogP contribution in [-0.4, -0.2) is 5.92 Å². The minimum absolute atomic E-state index is 0.337. The van der Waals surface area contributed by atoms with E-state index < -0.39 is 11.3 Å². The van der Waals surface area contributed by atoms with Crippen LogP contribution in [0, 0.1) is 0 Å². The van der Waals surface area contributed by atoms with Crippen LogP contribution in [0.4, 0.5) is 8.78 Å². The molecule has 1 aromatic rings. The van der Waals surface area contributed by atoms with E-state index in [4.69, 9.17) is 11.6 Å². The summed E-state index contributed by atoms with van der Waals surface area (Å²) in [7, 11) is 0. The molecule has 1 rings (SSSR count). The third-order valence-electron chi connectivity index (χ3n) is 1.77. The van der Waals surface area contributed by atoms with Crippen LogP contribution in [0.25, 0.3) is 0 Å². The zero-order chi connectivity index (χ0) is 10.8. The number of rotatable bonds is 3. The largest absolute Gasteiger partial charge is 0.247 e. The summed E-state index contributed by atoms with van der Waals surface area (Å²) in [6.07, 6.45) is -0.337. The highest BCUT2D eigenvalue weighted by Gasteiger charge is 2.26. The van der Waals surface area contributed by atoms with Crippen LogP contribution >= 0.6 is 27.5 Å². The Morgan fingerprint density at radius 2 is 1.86 bits per heavy atom. The van der Waals surface area contributed by atoms with E-state index in [1.54, 1.807) is 24.3 Å². The van der Waals surface area contributed by atoms with Crippen LogP contribution in [-0.2, 0) is 0 Å². The highest BCUT2D eigenvalue weighted by Crippen LogP contribution is 2.33. The lowest BCUT2D eigenvalue weighted by Gasteiger charge is -2.15. The molecule has 0 aliphatic carbocycles. The Bertz CT molecular complexity index is 292. The Kier molecular flexibility index (Phi) is 3.90. The molecular weight excluding hydrogens is 273 g/mol. The van der Waals surface area contributed by atoms with Gasteiger partial charge in [0, 0.05) is 10.9 Å². The van der Waals surface area contributed by atoms with Gasteiger partial charge in [-0.3, -0.25) is 0 Å². The molecule has 0 amide bonds. The van der Waals surface area contributed by atoms with E-state index in [1.165, 1.54) is 0 Å². The van der Waals surface area contributed by atoms with E-state index in [-0.39, 0.29) is 6.42 Å². The topological polar surface area (TPSA) is 0 Å². The van der Waals surface area contributed by atoms with Crippen molar-refractivity contribution in [3.63, 3.8) is 0 Å². The van der Waals surface area contributed by atoms with Crippen molar-refractivity contribution >= 4 is 27.5 Å². The number of hydrogen-bond donors (Lipinski definition) is 0. The van der Waals surface area contributed by atoms with Gasteiger partial charge in [-0.1, -0.05) is 28.1 Å². The molecule has 0 N–H and O–H groups in total. The molecule has 0 spiro atoms. The normalized spacial score (nSPS) is 14.1. The fraction of sp³-hybridized carbons (Fsp3) is 0.400. The molecule has 0 aromatic heterocycles. The van der Waals surface area contributed by atoms with E-state index in [0.717, 1.165) is 17.0 Å². The number of alkyl halides is 3. The second kappa shape index (κ2) is 4.58. The second-order valence-corrected chi connectivity index (χ2v) is 4.74. The first kappa shape index (κ1) is 11.9. The van der Waals surface area contributed by atoms with Gasteiger partial charge in [0.2, 0.25) is 5.92 Å². The molecule has 0 heterocycles. The van der Waals surface area contributed by atoms with Gasteiger partial charge >= 0.3 is 0 Å². The van der Waals surface area contributed by atoms with E-state index >= 15 is 0 Å². The van der Waals surface area contributed by atoms with Gasteiger partial charge in [0.05, 0.1) is 5.38 Å². The lowest BCUT2D eigenvalue weighted by Crippen LogP contribution is -2.12. The van der Waals surface area contributed by atoms with Crippen LogP contribution in [0.1, 0.15) is 24.3 Å². The van der Waals surface area contributed by atoms with E-state index in [0.29, 0.717) is 0 Å². The summed E-state index contributed by atoms with van der Waals surface area (Å²) in [4.78, 5) is 0. The molecule has 0 saturated heterocycles. The van der Waals surface area contributed by atoms with Gasteiger partial charge in [-0.05, 0) is 24.6 Å². The number of halogens is 4. The maximum Gasteiger partial charge on any atom is 0.247 e. The van der Waals surface area contributed by atoms with Gasteiger partial charge in [0.15, 0.2) is 0 Å². The maximum atomic E-state index is 12.6. The van der Waals surface area contributed by atoms with Crippen molar-refractivity contribution in [1.82, 2.24) is 0 Å². The fourth-order valence-corrected chi connectivity index (χ4v) is 1.78. The summed E-state index contributed by atoms with van der Waals surface area (Å²) in [5, 5.41) is -0.636. The third kappa shape index (κ3) is 3.93. The highest BCUT2D eigenvalue weighted by atomic mass is 79.9. The first-order valence-corrected chi connectivity index (χ1v) is 5.39. The van der Waals surface area contributed by atoms with Crippen molar-refractivity contribution in [3.05, 3.63) is 34.3 Å². The van der Waals surface area contributed by atoms with E-state index in [2.05, 4.69) is 15.9 Å². The summed E-state index contributed by atoms with van der Waals surface area (Å²) in [5.74, 6) is -2.72. The van der Waals surface area contributed by atoms with E-state index in [1.807, 2.05) is 0 Å². The van der Waals surface area contributed by atoms with Crippen molar-refractivity contribution in [2.24, 2.45) is 0 Å². The lowest BCUT2D eigenvalue weighted by molar-refractivity contribution is 0.0120. The van der Waals surface area contributed by atoms with Crippen molar-refractivity contribution < 1.29 is 8.78 Å². The molecule has 4 heteroatoms. The molecule has 0 saturated carbocycles. The molecule has 78 valence electrons. The standard InChI is InChI=1S/C10H10BrClF2/c1-10(13,14)6-9(12)7-2-4-8(11)5-3-7/h2-5,9H,6H2,1H3. The smallest absolute Gasteiger partial charge is 0.207 e. The molecule has 0 radical (unpaired) electrons. The van der Waals surface area contributed by atoms with Gasteiger partial charge in [0.25, 0.3) is 0 Å². The predicted molar refractivity (Wildman–Crippen MR) is 58.0 cm³/mol. The van der Waals surface area contributed by atoms with Gasteiger partial charge in [-0.25, -0.2) is 8.78 Å². The van der Waals surface area contributed by atoms with Gasteiger partial charge < -0.3 is 0 Å². The minimum atomic E-state index is -2.72. The maximum absolute atomic E-state index is 12.6. The molecule has 14 heavy (non-hydrogen) atoms. The Hall–Kier alpha value is -0.150. The zero-order valence-corrected chi connectivity index (χ0v) is 9.95. The summed E-state index contributed by atoms with van der Waals surface area (Å²) < 4.78 is 26.2. The predicted octanol–water partition coefficient (Wildman–Crippen LogP) is 4.77. The summed E-state index contributed by atoms with van der Waals surface area (Å²) in [5.41, 5.74) is 0.719. The minimum Gasteiger partial charge on any atom is -0.207 e. The molecular formula is C10H10BrClF2. The van der Waals surface area contributed by atoms with Crippen LogP contribution in [0.3, 0.4) is 0 Å². The monoisotopic (exact) mass is 282 g/mol. The average Bonchev–Trinajstić information content (AvgIpc) is 2.02. The average molecular weight is 284 g/mol. The van der Waals surface area contributed by atoms with Crippen molar-refractivity contribution in [3.8, 4) is 0 Å². The molecule has 1 aromatic carbocycles.